The van der Waals surface area contributed by atoms with Crippen molar-refractivity contribution in [2.75, 3.05) is 0 Å². The average Bonchev–Trinajstić information content (AvgIpc) is 2.36. The Kier molecular flexibility index (Phi) is 6.56. The molecule has 0 radical (unpaired) electrons. The van der Waals surface area contributed by atoms with Gasteiger partial charge in [-0.1, -0.05) is 60.8 Å². The lowest BCUT2D eigenvalue weighted by Gasteiger charge is -2.33. The smallest absolute Gasteiger partial charge is 0.0501 e. The van der Waals surface area contributed by atoms with Gasteiger partial charge in [-0.3, -0.25) is 4.99 Å². The Morgan fingerprint density at radius 2 is 1.74 bits per heavy atom. The van der Waals surface area contributed by atoms with Crippen molar-refractivity contribution in [3.05, 3.63) is 0 Å². The minimum absolute atomic E-state index is 0.519. The van der Waals surface area contributed by atoms with Crippen molar-refractivity contribution in [3.63, 3.8) is 0 Å². The van der Waals surface area contributed by atoms with E-state index in [9.17, 15) is 0 Å². The quantitative estimate of drug-likeness (QED) is 0.497. The Bertz CT molecular complexity index is 271. The molecule has 0 heterocycles. The molecule has 0 spiro atoms. The van der Waals surface area contributed by atoms with Crippen LogP contribution in [0.15, 0.2) is 4.99 Å². The molecule has 0 amide bonds. The molecule has 1 nitrogen and oxygen atoms in total. The molecule has 0 saturated heterocycles. The summed E-state index contributed by atoms with van der Waals surface area (Å²) in [7, 11) is 0. The van der Waals surface area contributed by atoms with E-state index in [0.717, 1.165) is 11.8 Å². The summed E-state index contributed by atoms with van der Waals surface area (Å²) in [4.78, 5) is 4.81. The minimum atomic E-state index is 0.519. The van der Waals surface area contributed by atoms with Gasteiger partial charge in [-0.15, -0.1) is 0 Å². The SMILES string of the molecule is CCC1CC(/N=C/C(C)C(C)CC(C)(CC)CC)C1. The van der Waals surface area contributed by atoms with Crippen LogP contribution in [0.3, 0.4) is 0 Å². The number of hydrogen-bond acceptors (Lipinski definition) is 1. The van der Waals surface area contributed by atoms with Crippen LogP contribution in [0.4, 0.5) is 0 Å². The van der Waals surface area contributed by atoms with Crippen LogP contribution in [-0.4, -0.2) is 12.3 Å². The van der Waals surface area contributed by atoms with Gasteiger partial charge in [0.15, 0.2) is 0 Å². The van der Waals surface area contributed by atoms with E-state index in [1.807, 2.05) is 0 Å². The molecule has 2 atom stereocenters. The highest BCUT2D eigenvalue weighted by Crippen LogP contribution is 2.36. The van der Waals surface area contributed by atoms with Crippen molar-refractivity contribution in [3.8, 4) is 0 Å². The molecule has 112 valence electrons. The van der Waals surface area contributed by atoms with Crippen LogP contribution in [0.2, 0.25) is 0 Å². The first-order valence-corrected chi connectivity index (χ1v) is 8.47. The lowest BCUT2D eigenvalue weighted by atomic mass is 9.74. The molecule has 1 aliphatic carbocycles. The molecule has 19 heavy (non-hydrogen) atoms. The Morgan fingerprint density at radius 1 is 1.16 bits per heavy atom. The predicted octanol–water partition coefficient (Wildman–Crippen LogP) is 5.73. The summed E-state index contributed by atoms with van der Waals surface area (Å²) < 4.78 is 0. The molecule has 0 bridgehead atoms. The van der Waals surface area contributed by atoms with Gasteiger partial charge in [-0.05, 0) is 42.4 Å². The lowest BCUT2D eigenvalue weighted by molar-refractivity contribution is 0.213. The highest BCUT2D eigenvalue weighted by molar-refractivity contribution is 5.61. The van der Waals surface area contributed by atoms with Crippen molar-refractivity contribution in [2.24, 2.45) is 28.2 Å². The van der Waals surface area contributed by atoms with Gasteiger partial charge in [0.2, 0.25) is 0 Å². The molecule has 0 aromatic carbocycles. The molecule has 0 aromatic heterocycles. The summed E-state index contributed by atoms with van der Waals surface area (Å²) in [6, 6.07) is 0.642. The van der Waals surface area contributed by atoms with Crippen LogP contribution in [0.5, 0.6) is 0 Å². The zero-order valence-electron chi connectivity index (χ0n) is 14.1. The second kappa shape index (κ2) is 7.45. The van der Waals surface area contributed by atoms with Crippen LogP contribution in [-0.2, 0) is 0 Å². The van der Waals surface area contributed by atoms with Gasteiger partial charge in [0.05, 0.1) is 6.04 Å². The first-order valence-electron chi connectivity index (χ1n) is 8.47. The summed E-state index contributed by atoms with van der Waals surface area (Å²) in [5.41, 5.74) is 0.519. The second-order valence-electron chi connectivity index (χ2n) is 7.26. The third-order valence-electron chi connectivity index (χ3n) is 5.74. The van der Waals surface area contributed by atoms with E-state index in [2.05, 4.69) is 47.8 Å². The molecule has 1 rings (SSSR count). The molecule has 1 aliphatic rings. The Hall–Kier alpha value is -0.330. The van der Waals surface area contributed by atoms with E-state index in [4.69, 9.17) is 4.99 Å². The molecule has 0 N–H and O–H groups in total. The van der Waals surface area contributed by atoms with E-state index < -0.39 is 0 Å². The minimum Gasteiger partial charge on any atom is -0.294 e. The van der Waals surface area contributed by atoms with Gasteiger partial charge in [0.1, 0.15) is 0 Å². The van der Waals surface area contributed by atoms with Crippen LogP contribution in [0.25, 0.3) is 0 Å². The first-order chi connectivity index (χ1) is 8.94. The number of rotatable bonds is 8. The molecule has 1 heteroatoms. The summed E-state index contributed by atoms with van der Waals surface area (Å²) in [5.74, 6) is 2.33. The Balaban J connectivity index is 2.36. The molecular formula is C18H35N. The molecule has 0 aromatic rings. The zero-order valence-corrected chi connectivity index (χ0v) is 14.1. The average molecular weight is 265 g/mol. The lowest BCUT2D eigenvalue weighted by Crippen LogP contribution is -2.27. The first kappa shape index (κ1) is 16.7. The van der Waals surface area contributed by atoms with Crippen LogP contribution in [0.1, 0.15) is 80.1 Å². The van der Waals surface area contributed by atoms with Crippen LogP contribution >= 0.6 is 0 Å². The maximum absolute atomic E-state index is 4.81. The van der Waals surface area contributed by atoms with Gasteiger partial charge in [-0.25, -0.2) is 0 Å². The van der Waals surface area contributed by atoms with Crippen molar-refractivity contribution in [1.29, 1.82) is 0 Å². The van der Waals surface area contributed by atoms with E-state index in [0.29, 0.717) is 17.4 Å². The monoisotopic (exact) mass is 265 g/mol. The number of aliphatic imine (C=N–C) groups is 1. The molecule has 0 aliphatic heterocycles. The zero-order chi connectivity index (χ0) is 14.5. The molecule has 1 saturated carbocycles. The molecule has 2 unspecified atom stereocenters. The third kappa shape index (κ3) is 4.93. The van der Waals surface area contributed by atoms with Crippen molar-refractivity contribution in [2.45, 2.75) is 86.1 Å². The maximum Gasteiger partial charge on any atom is 0.0501 e. The highest BCUT2D eigenvalue weighted by atomic mass is 14.8. The van der Waals surface area contributed by atoms with Crippen molar-refractivity contribution in [1.82, 2.24) is 0 Å². The fourth-order valence-corrected chi connectivity index (χ4v) is 3.06. The Morgan fingerprint density at radius 3 is 2.21 bits per heavy atom. The van der Waals surface area contributed by atoms with E-state index in [-0.39, 0.29) is 0 Å². The summed E-state index contributed by atoms with van der Waals surface area (Å²) in [5, 5.41) is 0. The van der Waals surface area contributed by atoms with Crippen LogP contribution in [0, 0.1) is 23.2 Å². The fraction of sp³-hybridized carbons (Fsp3) is 0.944. The summed E-state index contributed by atoms with van der Waals surface area (Å²) in [6.07, 6.45) is 10.2. The summed E-state index contributed by atoms with van der Waals surface area (Å²) in [6.45, 7) is 14.1. The van der Waals surface area contributed by atoms with Gasteiger partial charge in [0.25, 0.3) is 0 Å². The van der Waals surface area contributed by atoms with Gasteiger partial charge in [0, 0.05) is 6.21 Å². The second-order valence-corrected chi connectivity index (χ2v) is 7.26. The fourth-order valence-electron chi connectivity index (χ4n) is 3.06. The van der Waals surface area contributed by atoms with Crippen molar-refractivity contribution < 1.29 is 0 Å². The largest absolute Gasteiger partial charge is 0.294 e. The maximum atomic E-state index is 4.81. The van der Waals surface area contributed by atoms with E-state index in [1.165, 1.54) is 38.5 Å². The van der Waals surface area contributed by atoms with E-state index in [1.54, 1.807) is 0 Å². The van der Waals surface area contributed by atoms with E-state index >= 15 is 0 Å². The molecule has 1 fully saturated rings. The standard InChI is InChI=1S/C18H35N/c1-7-16-10-17(11-16)19-13-15(5)14(4)12-18(6,8-2)9-3/h13-17H,7-12H2,1-6H3/b19-13+. The topological polar surface area (TPSA) is 12.4 Å². The summed E-state index contributed by atoms with van der Waals surface area (Å²) >= 11 is 0. The van der Waals surface area contributed by atoms with Gasteiger partial charge in [-0.2, -0.15) is 0 Å². The third-order valence-corrected chi connectivity index (χ3v) is 5.74. The highest BCUT2D eigenvalue weighted by Gasteiger charge is 2.27. The Labute approximate surface area is 121 Å². The molecular weight excluding hydrogens is 230 g/mol. The van der Waals surface area contributed by atoms with Crippen LogP contribution < -0.4 is 0 Å². The number of hydrogen-bond donors (Lipinski definition) is 0. The number of nitrogens with zero attached hydrogens (tertiary/aromatic N) is 1. The van der Waals surface area contributed by atoms with Gasteiger partial charge < -0.3 is 0 Å². The van der Waals surface area contributed by atoms with Gasteiger partial charge >= 0.3 is 0 Å². The van der Waals surface area contributed by atoms with Crippen molar-refractivity contribution >= 4 is 6.21 Å². The predicted molar refractivity (Wildman–Crippen MR) is 86.9 cm³/mol. The normalized spacial score (nSPS) is 27.3.